The molecule has 0 bridgehead atoms. The van der Waals surface area contributed by atoms with E-state index < -0.39 is 0 Å². The van der Waals surface area contributed by atoms with Crippen molar-refractivity contribution in [3.05, 3.63) is 47.5 Å². The average Bonchev–Trinajstić information content (AvgIpc) is 2.94. The van der Waals surface area contributed by atoms with Crippen LogP contribution in [0, 0.1) is 24.7 Å². The predicted molar refractivity (Wildman–Crippen MR) is 84.8 cm³/mol. The molecular formula is C19H23N. The predicted octanol–water partition coefficient (Wildman–Crippen LogP) is 4.45. The van der Waals surface area contributed by atoms with Crippen LogP contribution in [0.1, 0.15) is 36.4 Å². The van der Waals surface area contributed by atoms with E-state index in [0.29, 0.717) is 6.04 Å². The first-order valence-electron chi connectivity index (χ1n) is 7.97. The fourth-order valence-corrected chi connectivity index (χ4v) is 4.72. The van der Waals surface area contributed by atoms with Crippen molar-refractivity contribution in [1.82, 2.24) is 5.32 Å². The molecule has 4 rings (SSSR count). The van der Waals surface area contributed by atoms with Crippen LogP contribution < -0.4 is 5.32 Å². The number of hydrogen-bond donors (Lipinski definition) is 1. The molecule has 0 aromatic heterocycles. The Morgan fingerprint density at radius 2 is 1.80 bits per heavy atom. The van der Waals surface area contributed by atoms with Crippen molar-refractivity contribution in [1.29, 1.82) is 0 Å². The molecular weight excluding hydrogens is 242 g/mol. The molecule has 2 aliphatic rings. The van der Waals surface area contributed by atoms with Crippen molar-refractivity contribution in [3.63, 3.8) is 0 Å². The third-order valence-electron chi connectivity index (χ3n) is 5.67. The lowest BCUT2D eigenvalue weighted by Crippen LogP contribution is -2.22. The molecule has 2 aromatic rings. The summed E-state index contributed by atoms with van der Waals surface area (Å²) in [7, 11) is 2.14. The summed E-state index contributed by atoms with van der Waals surface area (Å²) >= 11 is 0. The van der Waals surface area contributed by atoms with Crippen LogP contribution in [0.5, 0.6) is 0 Å². The SMILES string of the molecule is CNC(c1c(C)ccc2ccccc12)C1C2CCCC21. The molecule has 0 spiro atoms. The highest BCUT2D eigenvalue weighted by Gasteiger charge is 2.56. The minimum absolute atomic E-state index is 0.538. The number of nitrogens with one attached hydrogen (secondary N) is 1. The highest BCUT2D eigenvalue weighted by atomic mass is 14.9. The molecule has 2 saturated carbocycles. The Morgan fingerprint density at radius 1 is 1.05 bits per heavy atom. The molecule has 1 heteroatoms. The fraction of sp³-hybridized carbons (Fsp3) is 0.474. The lowest BCUT2D eigenvalue weighted by molar-refractivity contribution is 0.445. The molecule has 2 aliphatic carbocycles. The first-order valence-corrected chi connectivity index (χ1v) is 7.97. The highest BCUT2D eigenvalue weighted by molar-refractivity contribution is 5.87. The molecule has 0 saturated heterocycles. The van der Waals surface area contributed by atoms with Crippen molar-refractivity contribution >= 4 is 10.8 Å². The minimum atomic E-state index is 0.538. The monoisotopic (exact) mass is 265 g/mol. The Labute approximate surface area is 121 Å². The van der Waals surface area contributed by atoms with Gasteiger partial charge < -0.3 is 5.32 Å². The van der Waals surface area contributed by atoms with Gasteiger partial charge in [0.1, 0.15) is 0 Å². The normalized spacial score (nSPS) is 29.4. The van der Waals surface area contributed by atoms with E-state index in [2.05, 4.69) is 55.7 Å². The zero-order valence-electron chi connectivity index (χ0n) is 12.4. The van der Waals surface area contributed by atoms with Crippen LogP contribution >= 0.6 is 0 Å². The molecule has 1 nitrogen and oxygen atoms in total. The lowest BCUT2D eigenvalue weighted by Gasteiger charge is -2.23. The summed E-state index contributed by atoms with van der Waals surface area (Å²) in [4.78, 5) is 0. The Morgan fingerprint density at radius 3 is 2.55 bits per heavy atom. The Kier molecular flexibility index (Phi) is 2.85. The molecule has 20 heavy (non-hydrogen) atoms. The van der Waals surface area contributed by atoms with Gasteiger partial charge >= 0.3 is 0 Å². The first kappa shape index (κ1) is 12.4. The summed E-state index contributed by atoms with van der Waals surface area (Å²) < 4.78 is 0. The third-order valence-corrected chi connectivity index (χ3v) is 5.67. The van der Waals surface area contributed by atoms with Crippen LogP contribution in [0.4, 0.5) is 0 Å². The zero-order chi connectivity index (χ0) is 13.7. The number of aryl methyl sites for hydroxylation is 1. The van der Waals surface area contributed by atoms with Gasteiger partial charge in [-0.2, -0.15) is 0 Å². The summed E-state index contributed by atoms with van der Waals surface area (Å²) in [6, 6.07) is 13.9. The van der Waals surface area contributed by atoms with Crippen LogP contribution in [0.2, 0.25) is 0 Å². The highest BCUT2D eigenvalue weighted by Crippen LogP contribution is 2.62. The average molecular weight is 265 g/mol. The largest absolute Gasteiger partial charge is 0.313 e. The van der Waals surface area contributed by atoms with Crippen molar-refractivity contribution in [2.75, 3.05) is 7.05 Å². The summed E-state index contributed by atoms with van der Waals surface area (Å²) in [5, 5.41) is 6.46. The summed E-state index contributed by atoms with van der Waals surface area (Å²) in [5.74, 6) is 2.86. The fourth-order valence-electron chi connectivity index (χ4n) is 4.72. The molecule has 3 atom stereocenters. The van der Waals surface area contributed by atoms with Gasteiger partial charge in [-0.05, 0) is 66.5 Å². The van der Waals surface area contributed by atoms with Gasteiger partial charge in [-0.15, -0.1) is 0 Å². The van der Waals surface area contributed by atoms with Crippen molar-refractivity contribution in [3.8, 4) is 0 Å². The van der Waals surface area contributed by atoms with Gasteiger partial charge in [0.05, 0.1) is 0 Å². The van der Waals surface area contributed by atoms with Gasteiger partial charge in [-0.1, -0.05) is 42.8 Å². The standard InChI is InChI=1S/C19H23N/c1-12-10-11-13-6-3-4-7-14(13)17(12)19(20-2)18-15-8-5-9-16(15)18/h3-4,6-7,10-11,15-16,18-20H,5,8-9H2,1-2H3. The van der Waals surface area contributed by atoms with Crippen LogP contribution in [-0.2, 0) is 0 Å². The maximum atomic E-state index is 3.64. The lowest BCUT2D eigenvalue weighted by atomic mass is 9.89. The van der Waals surface area contributed by atoms with Gasteiger partial charge in [0.25, 0.3) is 0 Å². The van der Waals surface area contributed by atoms with Gasteiger partial charge in [0.2, 0.25) is 0 Å². The Balaban J connectivity index is 1.81. The van der Waals surface area contributed by atoms with Crippen LogP contribution in [0.3, 0.4) is 0 Å². The van der Waals surface area contributed by atoms with Gasteiger partial charge in [-0.25, -0.2) is 0 Å². The van der Waals surface area contributed by atoms with Crippen molar-refractivity contribution < 1.29 is 0 Å². The number of hydrogen-bond acceptors (Lipinski definition) is 1. The molecule has 104 valence electrons. The zero-order valence-corrected chi connectivity index (χ0v) is 12.4. The summed E-state index contributed by atoms with van der Waals surface area (Å²) in [6.07, 6.45) is 4.37. The van der Waals surface area contributed by atoms with Crippen LogP contribution in [-0.4, -0.2) is 7.05 Å². The molecule has 1 N–H and O–H groups in total. The Hall–Kier alpha value is -1.34. The molecule has 2 fully saturated rings. The molecule has 0 radical (unpaired) electrons. The molecule has 0 heterocycles. The first-order chi connectivity index (χ1) is 9.81. The van der Waals surface area contributed by atoms with E-state index in [0.717, 1.165) is 17.8 Å². The van der Waals surface area contributed by atoms with Gasteiger partial charge in [0.15, 0.2) is 0 Å². The number of rotatable bonds is 3. The summed E-state index contributed by atoms with van der Waals surface area (Å²) in [5.41, 5.74) is 2.98. The second-order valence-corrected chi connectivity index (χ2v) is 6.62. The van der Waals surface area contributed by atoms with E-state index in [1.807, 2.05) is 0 Å². The Bertz CT molecular complexity index is 635. The summed E-state index contributed by atoms with van der Waals surface area (Å²) in [6.45, 7) is 2.27. The second kappa shape index (κ2) is 4.60. The van der Waals surface area contributed by atoms with Gasteiger partial charge in [0, 0.05) is 6.04 Å². The van der Waals surface area contributed by atoms with Crippen LogP contribution in [0.15, 0.2) is 36.4 Å². The van der Waals surface area contributed by atoms with Gasteiger partial charge in [-0.3, -0.25) is 0 Å². The van der Waals surface area contributed by atoms with E-state index in [1.165, 1.54) is 35.6 Å². The van der Waals surface area contributed by atoms with Crippen LogP contribution in [0.25, 0.3) is 10.8 Å². The number of benzene rings is 2. The number of fused-ring (bicyclic) bond motifs is 2. The minimum Gasteiger partial charge on any atom is -0.313 e. The van der Waals surface area contributed by atoms with E-state index >= 15 is 0 Å². The molecule has 2 aromatic carbocycles. The van der Waals surface area contributed by atoms with E-state index in [4.69, 9.17) is 0 Å². The second-order valence-electron chi connectivity index (χ2n) is 6.62. The van der Waals surface area contributed by atoms with E-state index in [1.54, 1.807) is 5.56 Å². The van der Waals surface area contributed by atoms with Crippen molar-refractivity contribution in [2.24, 2.45) is 17.8 Å². The quantitative estimate of drug-likeness (QED) is 0.864. The topological polar surface area (TPSA) is 12.0 Å². The maximum Gasteiger partial charge on any atom is 0.0360 e. The van der Waals surface area contributed by atoms with E-state index in [9.17, 15) is 0 Å². The third kappa shape index (κ3) is 1.73. The molecule has 0 amide bonds. The van der Waals surface area contributed by atoms with Crippen molar-refractivity contribution in [2.45, 2.75) is 32.2 Å². The van der Waals surface area contributed by atoms with E-state index in [-0.39, 0.29) is 0 Å². The molecule has 0 aliphatic heterocycles. The maximum absolute atomic E-state index is 3.64. The smallest absolute Gasteiger partial charge is 0.0360 e. The molecule has 3 unspecified atom stereocenters.